The lowest BCUT2D eigenvalue weighted by atomic mass is 10.0. The average Bonchev–Trinajstić information content (AvgIpc) is 2.21. The zero-order chi connectivity index (χ0) is 18.0. The smallest absolute Gasteiger partial charge is 0.376 e. The summed E-state index contributed by atoms with van der Waals surface area (Å²) >= 11 is 0. The van der Waals surface area contributed by atoms with E-state index in [0.29, 0.717) is 0 Å². The molecule has 0 aromatic carbocycles. The van der Waals surface area contributed by atoms with Crippen LogP contribution in [-0.4, -0.2) is 48.8 Å². The zero-order valence-electron chi connectivity index (χ0n) is 12.4. The fourth-order valence-corrected chi connectivity index (χ4v) is 2.36. The second-order valence-corrected chi connectivity index (χ2v) is 6.80. The summed E-state index contributed by atoms with van der Waals surface area (Å²) in [6, 6.07) is 0. The summed E-state index contributed by atoms with van der Waals surface area (Å²) in [7, 11) is -6.29. The van der Waals surface area contributed by atoms with Crippen LogP contribution in [0.1, 0.15) is 34.1 Å². The van der Waals surface area contributed by atoms with Gasteiger partial charge in [-0.3, -0.25) is 4.55 Å². The monoisotopic (exact) mass is 358 g/mol. The fourth-order valence-electron chi connectivity index (χ4n) is 1.90. The molecule has 2 unspecified atom stereocenters. The standard InChI is InChI=1S/C11H19F5O5S/c1-5-20-9(3,4)6-7(2)21-8(10(12,13)14)11(15,16)22(17,18)19/h7-8H,5-6H2,1-4H3,(H,17,18,19). The number of hydrogen-bond donors (Lipinski definition) is 1. The van der Waals surface area contributed by atoms with Gasteiger partial charge in [0.25, 0.3) is 0 Å². The molecule has 11 heteroatoms. The first kappa shape index (κ1) is 21.5. The highest BCUT2D eigenvalue weighted by atomic mass is 32.2. The fraction of sp³-hybridized carbons (Fsp3) is 1.00. The summed E-state index contributed by atoms with van der Waals surface area (Å²) < 4.78 is 103. The highest BCUT2D eigenvalue weighted by Gasteiger charge is 2.64. The van der Waals surface area contributed by atoms with E-state index in [1.807, 2.05) is 0 Å². The average molecular weight is 358 g/mol. The summed E-state index contributed by atoms with van der Waals surface area (Å²) in [6.07, 6.45) is -11.3. The Balaban J connectivity index is 5.29. The second-order valence-electron chi connectivity index (χ2n) is 5.30. The van der Waals surface area contributed by atoms with E-state index in [1.54, 1.807) is 6.92 Å². The van der Waals surface area contributed by atoms with Gasteiger partial charge in [0, 0.05) is 13.0 Å². The number of hydrogen-bond acceptors (Lipinski definition) is 4. The van der Waals surface area contributed by atoms with Crippen LogP contribution < -0.4 is 0 Å². The van der Waals surface area contributed by atoms with E-state index in [1.165, 1.54) is 13.8 Å². The van der Waals surface area contributed by atoms with Gasteiger partial charge in [0.05, 0.1) is 11.7 Å². The number of alkyl halides is 5. The number of ether oxygens (including phenoxy) is 2. The van der Waals surface area contributed by atoms with E-state index < -0.39 is 39.4 Å². The maximum absolute atomic E-state index is 13.3. The summed E-state index contributed by atoms with van der Waals surface area (Å²) in [5.74, 6) is 0. The lowest BCUT2D eigenvalue weighted by molar-refractivity contribution is -0.278. The van der Waals surface area contributed by atoms with E-state index in [0.717, 1.165) is 6.92 Å². The van der Waals surface area contributed by atoms with Crippen LogP contribution in [0, 0.1) is 0 Å². The van der Waals surface area contributed by atoms with Gasteiger partial charge in [-0.2, -0.15) is 30.4 Å². The normalized spacial score (nSPS) is 17.4. The Bertz CT molecular complexity index is 460. The van der Waals surface area contributed by atoms with Crippen molar-refractivity contribution in [1.82, 2.24) is 0 Å². The maximum Gasteiger partial charge on any atom is 0.421 e. The molecule has 22 heavy (non-hydrogen) atoms. The zero-order valence-corrected chi connectivity index (χ0v) is 13.3. The predicted octanol–water partition coefficient (Wildman–Crippen LogP) is 3.01. The quantitative estimate of drug-likeness (QED) is 0.533. The van der Waals surface area contributed by atoms with Crippen LogP contribution in [-0.2, 0) is 19.6 Å². The first-order valence-electron chi connectivity index (χ1n) is 6.25. The topological polar surface area (TPSA) is 72.8 Å². The molecular formula is C11H19F5O5S. The lowest BCUT2D eigenvalue weighted by Gasteiger charge is -2.32. The SMILES string of the molecule is CCOC(C)(C)CC(C)OC(C(F)(F)F)C(F)(F)S(=O)(=O)O. The Kier molecular flexibility index (Phi) is 6.77. The Morgan fingerprint density at radius 1 is 1.14 bits per heavy atom. The van der Waals surface area contributed by atoms with Gasteiger partial charge in [-0.25, -0.2) is 0 Å². The van der Waals surface area contributed by atoms with E-state index in [-0.39, 0.29) is 13.0 Å². The third kappa shape index (κ3) is 5.94. The molecular weight excluding hydrogens is 339 g/mol. The van der Waals surface area contributed by atoms with Crippen molar-refractivity contribution in [1.29, 1.82) is 0 Å². The Hall–Kier alpha value is -0.520. The summed E-state index contributed by atoms with van der Waals surface area (Å²) in [5.41, 5.74) is -0.961. The molecule has 0 heterocycles. The van der Waals surface area contributed by atoms with E-state index in [2.05, 4.69) is 4.74 Å². The highest BCUT2D eigenvalue weighted by molar-refractivity contribution is 7.86. The molecule has 0 fully saturated rings. The van der Waals surface area contributed by atoms with Crippen molar-refractivity contribution in [3.63, 3.8) is 0 Å². The molecule has 0 amide bonds. The largest absolute Gasteiger partial charge is 0.421 e. The van der Waals surface area contributed by atoms with Crippen molar-refractivity contribution < 1.29 is 44.4 Å². The minimum Gasteiger partial charge on any atom is -0.376 e. The molecule has 2 atom stereocenters. The van der Waals surface area contributed by atoms with Gasteiger partial charge in [-0.15, -0.1) is 0 Å². The molecule has 5 nitrogen and oxygen atoms in total. The molecule has 0 radical (unpaired) electrons. The Morgan fingerprint density at radius 2 is 1.59 bits per heavy atom. The number of rotatable bonds is 8. The van der Waals surface area contributed by atoms with Crippen molar-refractivity contribution in [3.05, 3.63) is 0 Å². The molecule has 134 valence electrons. The van der Waals surface area contributed by atoms with Gasteiger partial charge in [0.15, 0.2) is 0 Å². The van der Waals surface area contributed by atoms with Crippen LogP contribution in [0.4, 0.5) is 22.0 Å². The molecule has 0 aliphatic rings. The van der Waals surface area contributed by atoms with Crippen molar-refractivity contribution in [2.45, 2.75) is 63.4 Å². The van der Waals surface area contributed by atoms with Crippen LogP contribution in [0.25, 0.3) is 0 Å². The molecule has 0 aromatic heterocycles. The molecule has 0 rings (SSSR count). The van der Waals surface area contributed by atoms with E-state index in [9.17, 15) is 30.4 Å². The molecule has 0 aliphatic carbocycles. The Labute approximate surface area is 125 Å². The van der Waals surface area contributed by atoms with Crippen molar-refractivity contribution in [2.75, 3.05) is 6.61 Å². The molecule has 0 bridgehead atoms. The molecule has 0 spiro atoms. The summed E-state index contributed by atoms with van der Waals surface area (Å²) in [5, 5.41) is -5.52. The summed E-state index contributed by atoms with van der Waals surface area (Å²) in [6.45, 7) is 5.97. The van der Waals surface area contributed by atoms with Crippen molar-refractivity contribution in [3.8, 4) is 0 Å². The molecule has 0 saturated heterocycles. The summed E-state index contributed by atoms with van der Waals surface area (Å²) in [4.78, 5) is 0. The van der Waals surface area contributed by atoms with Crippen LogP contribution in [0.2, 0.25) is 0 Å². The second kappa shape index (κ2) is 6.93. The first-order chi connectivity index (χ1) is 9.54. The third-order valence-corrected chi connectivity index (χ3v) is 3.53. The van der Waals surface area contributed by atoms with E-state index >= 15 is 0 Å². The van der Waals surface area contributed by atoms with Gasteiger partial charge in [-0.05, 0) is 27.7 Å². The predicted molar refractivity (Wildman–Crippen MR) is 67.2 cm³/mol. The van der Waals surface area contributed by atoms with Crippen molar-refractivity contribution in [2.24, 2.45) is 0 Å². The number of halogens is 5. The van der Waals surface area contributed by atoms with Gasteiger partial charge >= 0.3 is 21.5 Å². The first-order valence-corrected chi connectivity index (χ1v) is 7.69. The van der Waals surface area contributed by atoms with Crippen LogP contribution in [0.3, 0.4) is 0 Å². The molecule has 0 aromatic rings. The van der Waals surface area contributed by atoms with Crippen LogP contribution in [0.5, 0.6) is 0 Å². The maximum atomic E-state index is 13.3. The van der Waals surface area contributed by atoms with Gasteiger partial charge in [0.1, 0.15) is 0 Å². The van der Waals surface area contributed by atoms with E-state index in [4.69, 9.17) is 9.29 Å². The van der Waals surface area contributed by atoms with Crippen LogP contribution >= 0.6 is 0 Å². The lowest BCUT2D eigenvalue weighted by Crippen LogP contribution is -2.53. The third-order valence-electron chi connectivity index (χ3n) is 2.63. The Morgan fingerprint density at radius 3 is 1.91 bits per heavy atom. The molecule has 1 N–H and O–H groups in total. The van der Waals surface area contributed by atoms with Crippen LogP contribution in [0.15, 0.2) is 0 Å². The highest BCUT2D eigenvalue weighted by Crippen LogP contribution is 2.39. The van der Waals surface area contributed by atoms with Gasteiger partial charge in [-0.1, -0.05) is 0 Å². The van der Waals surface area contributed by atoms with Gasteiger partial charge < -0.3 is 9.47 Å². The molecule has 0 aliphatic heterocycles. The minimum absolute atomic E-state index is 0.199. The minimum atomic E-state index is -6.29. The van der Waals surface area contributed by atoms with Crippen molar-refractivity contribution >= 4 is 10.1 Å². The molecule has 0 saturated carbocycles. The van der Waals surface area contributed by atoms with Gasteiger partial charge in [0.2, 0.25) is 6.10 Å².